The second-order valence-corrected chi connectivity index (χ2v) is 4.37. The van der Waals surface area contributed by atoms with E-state index in [0.717, 1.165) is 18.8 Å². The van der Waals surface area contributed by atoms with Crippen molar-refractivity contribution < 1.29 is 0 Å². The van der Waals surface area contributed by atoms with Gasteiger partial charge in [0.1, 0.15) is 0 Å². The number of nitrogens with two attached hydrogens (primary N) is 1. The summed E-state index contributed by atoms with van der Waals surface area (Å²) >= 11 is 1.73. The molecule has 0 spiro atoms. The van der Waals surface area contributed by atoms with Gasteiger partial charge in [0, 0.05) is 25.8 Å². The second-order valence-electron chi connectivity index (χ2n) is 3.59. The van der Waals surface area contributed by atoms with Gasteiger partial charge < -0.3 is 11.1 Å². The molecule has 0 bridgehead atoms. The van der Waals surface area contributed by atoms with Crippen molar-refractivity contribution in [3.63, 3.8) is 0 Å². The molecule has 4 heteroatoms. The minimum Gasteiger partial charge on any atom is -0.325 e. The van der Waals surface area contributed by atoms with Crippen molar-refractivity contribution >= 4 is 11.3 Å². The lowest BCUT2D eigenvalue weighted by Gasteiger charge is -2.04. The molecule has 0 aliphatic heterocycles. The lowest BCUT2D eigenvalue weighted by atomic mass is 10.2. The molecule has 0 aliphatic carbocycles. The molecule has 2 aromatic heterocycles. The Labute approximate surface area is 99.3 Å². The average Bonchev–Trinajstić information content (AvgIpc) is 2.82. The summed E-state index contributed by atoms with van der Waals surface area (Å²) in [5.41, 5.74) is 9.04. The summed E-state index contributed by atoms with van der Waals surface area (Å²) in [4.78, 5) is 4.16. The van der Waals surface area contributed by atoms with Crippen molar-refractivity contribution in [1.29, 1.82) is 0 Å². The largest absolute Gasteiger partial charge is 0.325 e. The maximum absolute atomic E-state index is 5.54. The summed E-state index contributed by atoms with van der Waals surface area (Å²) in [7, 11) is 0. The van der Waals surface area contributed by atoms with E-state index in [1.807, 2.05) is 18.3 Å². The molecule has 0 saturated heterocycles. The highest BCUT2D eigenvalue weighted by Crippen LogP contribution is 2.06. The zero-order valence-electron chi connectivity index (χ0n) is 9.02. The molecule has 3 N–H and O–H groups in total. The van der Waals surface area contributed by atoms with Gasteiger partial charge in [0.2, 0.25) is 0 Å². The first-order valence-electron chi connectivity index (χ1n) is 5.24. The number of aromatic nitrogens is 1. The van der Waals surface area contributed by atoms with Crippen LogP contribution >= 0.6 is 11.3 Å². The third-order valence-electron chi connectivity index (χ3n) is 2.33. The molecule has 2 heterocycles. The molecule has 3 nitrogen and oxygen atoms in total. The Morgan fingerprint density at radius 2 is 2.12 bits per heavy atom. The lowest BCUT2D eigenvalue weighted by Crippen LogP contribution is -2.12. The standard InChI is InChI=1S/C12H15N3S/c13-6-12-5-10(1-3-15-12)7-14-8-11-2-4-16-9-11/h1-5,9,14H,6-8,13H2. The van der Waals surface area contributed by atoms with Gasteiger partial charge in [-0.15, -0.1) is 0 Å². The monoisotopic (exact) mass is 233 g/mol. The molecule has 84 valence electrons. The summed E-state index contributed by atoms with van der Waals surface area (Å²) < 4.78 is 0. The van der Waals surface area contributed by atoms with Gasteiger partial charge >= 0.3 is 0 Å². The molecule has 0 atom stereocenters. The van der Waals surface area contributed by atoms with Gasteiger partial charge in [-0.05, 0) is 40.1 Å². The van der Waals surface area contributed by atoms with E-state index in [0.29, 0.717) is 6.54 Å². The van der Waals surface area contributed by atoms with Crippen molar-refractivity contribution in [2.45, 2.75) is 19.6 Å². The van der Waals surface area contributed by atoms with E-state index in [4.69, 9.17) is 5.73 Å². The van der Waals surface area contributed by atoms with Crippen LogP contribution in [0.4, 0.5) is 0 Å². The molecule has 0 saturated carbocycles. The number of thiophene rings is 1. The smallest absolute Gasteiger partial charge is 0.0542 e. The van der Waals surface area contributed by atoms with E-state index in [1.165, 1.54) is 11.1 Å². The van der Waals surface area contributed by atoms with E-state index in [9.17, 15) is 0 Å². The Bertz CT molecular complexity index is 426. The molecule has 0 unspecified atom stereocenters. The highest BCUT2D eigenvalue weighted by Gasteiger charge is 1.96. The van der Waals surface area contributed by atoms with Crippen LogP contribution in [0.15, 0.2) is 35.2 Å². The van der Waals surface area contributed by atoms with Crippen LogP contribution in [0.1, 0.15) is 16.8 Å². The first kappa shape index (κ1) is 11.3. The molecule has 16 heavy (non-hydrogen) atoms. The molecule has 0 fully saturated rings. The van der Waals surface area contributed by atoms with Gasteiger partial charge in [-0.3, -0.25) is 4.98 Å². The number of rotatable bonds is 5. The Hall–Kier alpha value is -1.23. The predicted octanol–water partition coefficient (Wildman–Crippen LogP) is 1.89. The summed E-state index contributed by atoms with van der Waals surface area (Å²) in [6.07, 6.45) is 1.81. The number of nitrogens with zero attached hydrogens (tertiary/aromatic N) is 1. The first-order valence-corrected chi connectivity index (χ1v) is 6.18. The Morgan fingerprint density at radius 1 is 1.25 bits per heavy atom. The van der Waals surface area contributed by atoms with Gasteiger partial charge in [-0.25, -0.2) is 0 Å². The van der Waals surface area contributed by atoms with Crippen LogP contribution in [0, 0.1) is 0 Å². The highest BCUT2D eigenvalue weighted by molar-refractivity contribution is 7.07. The topological polar surface area (TPSA) is 50.9 Å². The van der Waals surface area contributed by atoms with Gasteiger partial charge in [-0.2, -0.15) is 11.3 Å². The molecule has 0 amide bonds. The van der Waals surface area contributed by atoms with Crippen LogP contribution in [0.5, 0.6) is 0 Å². The van der Waals surface area contributed by atoms with Crippen LogP contribution in [-0.2, 0) is 19.6 Å². The molecule has 2 rings (SSSR count). The van der Waals surface area contributed by atoms with Crippen LogP contribution in [0.2, 0.25) is 0 Å². The minimum atomic E-state index is 0.498. The Balaban J connectivity index is 1.85. The van der Waals surface area contributed by atoms with E-state index in [1.54, 1.807) is 11.3 Å². The highest BCUT2D eigenvalue weighted by atomic mass is 32.1. The zero-order valence-corrected chi connectivity index (χ0v) is 9.83. The van der Waals surface area contributed by atoms with Crippen LogP contribution in [0.25, 0.3) is 0 Å². The fourth-order valence-electron chi connectivity index (χ4n) is 1.49. The van der Waals surface area contributed by atoms with E-state index >= 15 is 0 Å². The third kappa shape index (κ3) is 3.13. The fourth-order valence-corrected chi connectivity index (χ4v) is 2.16. The minimum absolute atomic E-state index is 0.498. The summed E-state index contributed by atoms with van der Waals surface area (Å²) in [5.74, 6) is 0. The number of nitrogens with one attached hydrogen (secondary N) is 1. The van der Waals surface area contributed by atoms with E-state index in [-0.39, 0.29) is 0 Å². The van der Waals surface area contributed by atoms with Crippen LogP contribution < -0.4 is 11.1 Å². The zero-order chi connectivity index (χ0) is 11.2. The SMILES string of the molecule is NCc1cc(CNCc2ccsc2)ccn1. The van der Waals surface area contributed by atoms with E-state index < -0.39 is 0 Å². The maximum Gasteiger partial charge on any atom is 0.0542 e. The van der Waals surface area contributed by atoms with Gasteiger partial charge in [-0.1, -0.05) is 0 Å². The molecular formula is C12H15N3S. The normalized spacial score (nSPS) is 10.6. The van der Waals surface area contributed by atoms with Crippen molar-refractivity contribution in [2.24, 2.45) is 5.73 Å². The average molecular weight is 233 g/mol. The van der Waals surface area contributed by atoms with Crippen LogP contribution in [-0.4, -0.2) is 4.98 Å². The van der Waals surface area contributed by atoms with Gasteiger partial charge in [0.25, 0.3) is 0 Å². The third-order valence-corrected chi connectivity index (χ3v) is 3.06. The quantitative estimate of drug-likeness (QED) is 0.829. The predicted molar refractivity (Wildman–Crippen MR) is 67.0 cm³/mol. The fraction of sp³-hybridized carbons (Fsp3) is 0.250. The van der Waals surface area contributed by atoms with Crippen molar-refractivity contribution in [1.82, 2.24) is 10.3 Å². The molecule has 2 aromatic rings. The van der Waals surface area contributed by atoms with Crippen molar-refractivity contribution in [2.75, 3.05) is 0 Å². The second kappa shape index (κ2) is 5.75. The number of hydrogen-bond acceptors (Lipinski definition) is 4. The molecule has 0 radical (unpaired) electrons. The lowest BCUT2D eigenvalue weighted by molar-refractivity contribution is 0.693. The summed E-state index contributed by atoms with van der Waals surface area (Å²) in [6.45, 7) is 2.26. The number of hydrogen-bond donors (Lipinski definition) is 2. The van der Waals surface area contributed by atoms with E-state index in [2.05, 4.69) is 27.1 Å². The molecule has 0 aromatic carbocycles. The Kier molecular flexibility index (Phi) is 4.04. The van der Waals surface area contributed by atoms with Crippen LogP contribution in [0.3, 0.4) is 0 Å². The molecule has 0 aliphatic rings. The Morgan fingerprint density at radius 3 is 2.88 bits per heavy atom. The maximum atomic E-state index is 5.54. The first-order chi connectivity index (χ1) is 7.88. The summed E-state index contributed by atoms with van der Waals surface area (Å²) in [6, 6.07) is 6.19. The summed E-state index contributed by atoms with van der Waals surface area (Å²) in [5, 5.41) is 7.64. The van der Waals surface area contributed by atoms with Gasteiger partial charge in [0.15, 0.2) is 0 Å². The van der Waals surface area contributed by atoms with Crippen molar-refractivity contribution in [3.8, 4) is 0 Å². The van der Waals surface area contributed by atoms with Crippen molar-refractivity contribution in [3.05, 3.63) is 52.0 Å². The number of pyridine rings is 1. The molecular weight excluding hydrogens is 218 g/mol. The van der Waals surface area contributed by atoms with Gasteiger partial charge in [0.05, 0.1) is 5.69 Å².